The molecule has 2 atom stereocenters. The fraction of sp³-hybridized carbons (Fsp3) is 0.667. The molecule has 0 unspecified atom stereocenters. The molecule has 3 fully saturated rings. The highest BCUT2D eigenvalue weighted by Gasteiger charge is 2.60. The molecule has 2 heterocycles. The first-order valence-corrected chi connectivity index (χ1v) is 8.38. The first-order valence-electron chi connectivity index (χ1n) is 8.38. The van der Waals surface area contributed by atoms with Gasteiger partial charge in [0, 0.05) is 18.5 Å². The summed E-state index contributed by atoms with van der Waals surface area (Å²) in [6, 6.07) is 8.97. The third-order valence-corrected chi connectivity index (χ3v) is 6.33. The van der Waals surface area contributed by atoms with Gasteiger partial charge in [0.1, 0.15) is 0 Å². The van der Waals surface area contributed by atoms with Crippen LogP contribution in [0.25, 0.3) is 0 Å². The summed E-state index contributed by atoms with van der Waals surface area (Å²) in [4.78, 5) is 2.45. The first-order chi connectivity index (χ1) is 10.2. The van der Waals surface area contributed by atoms with Crippen LogP contribution in [0.15, 0.2) is 24.3 Å². The number of likely N-dealkylation sites (tertiary alicyclic amines) is 1. The maximum atomic E-state index is 6.14. The largest absolute Gasteiger partial charge is 0.494 e. The van der Waals surface area contributed by atoms with Gasteiger partial charge in [-0.15, -0.1) is 0 Å². The number of benzene rings is 1. The highest BCUT2D eigenvalue weighted by molar-refractivity contribution is 6.62. The average Bonchev–Trinajstić information content (AvgIpc) is 2.92. The summed E-state index contributed by atoms with van der Waals surface area (Å²) in [5.41, 5.74) is 2.50. The lowest BCUT2D eigenvalue weighted by Crippen LogP contribution is -2.41. The van der Waals surface area contributed by atoms with E-state index < -0.39 is 0 Å². The molecule has 0 N–H and O–H groups in total. The summed E-state index contributed by atoms with van der Waals surface area (Å²) < 4.78 is 12.3. The summed E-state index contributed by atoms with van der Waals surface area (Å²) in [5, 5.41) is 0. The van der Waals surface area contributed by atoms with Crippen LogP contribution in [-0.2, 0) is 14.7 Å². The van der Waals surface area contributed by atoms with Crippen molar-refractivity contribution >= 4 is 12.6 Å². The van der Waals surface area contributed by atoms with Gasteiger partial charge in [-0.1, -0.05) is 24.3 Å². The third kappa shape index (κ3) is 2.00. The van der Waals surface area contributed by atoms with Gasteiger partial charge in [0.05, 0.1) is 11.2 Å². The van der Waals surface area contributed by atoms with E-state index in [2.05, 4.69) is 63.9 Å². The lowest BCUT2D eigenvalue weighted by Gasteiger charge is -2.32. The number of hydrogen-bond acceptors (Lipinski definition) is 3. The van der Waals surface area contributed by atoms with Gasteiger partial charge in [0.15, 0.2) is 0 Å². The molecule has 0 amide bonds. The van der Waals surface area contributed by atoms with Crippen LogP contribution < -0.4 is 5.46 Å². The minimum absolute atomic E-state index is 0.252. The number of rotatable bonds is 2. The zero-order valence-corrected chi connectivity index (χ0v) is 14.3. The Kier molecular flexibility index (Phi) is 2.93. The zero-order valence-electron chi connectivity index (χ0n) is 14.3. The number of fused-ring (bicyclic) bond motifs is 1. The third-order valence-electron chi connectivity index (χ3n) is 6.33. The number of hydrogen-bond donors (Lipinski definition) is 0. The molecule has 1 aromatic carbocycles. The van der Waals surface area contributed by atoms with Crippen LogP contribution in [-0.4, -0.2) is 43.4 Å². The molecule has 4 rings (SSSR count). The molecule has 2 saturated heterocycles. The van der Waals surface area contributed by atoms with Gasteiger partial charge in [-0.05, 0) is 58.1 Å². The molecular weight excluding hydrogens is 273 g/mol. The molecule has 1 aromatic rings. The van der Waals surface area contributed by atoms with Gasteiger partial charge in [0.25, 0.3) is 0 Å². The molecule has 3 nitrogen and oxygen atoms in total. The maximum absolute atomic E-state index is 6.14. The van der Waals surface area contributed by atoms with Crippen molar-refractivity contribution in [3.05, 3.63) is 29.8 Å². The normalized spacial score (nSPS) is 35.7. The van der Waals surface area contributed by atoms with E-state index in [4.69, 9.17) is 9.31 Å². The van der Waals surface area contributed by atoms with Gasteiger partial charge >= 0.3 is 7.12 Å². The molecule has 0 radical (unpaired) electrons. The average molecular weight is 299 g/mol. The Morgan fingerprint density at radius 3 is 2.14 bits per heavy atom. The SMILES string of the molecule is CN1C[C@H]2C[C@@]2(c2ccc(B3OC(C)(C)C(C)(C)O3)cc2)C1. The lowest BCUT2D eigenvalue weighted by molar-refractivity contribution is 0.00578. The van der Waals surface area contributed by atoms with E-state index in [9.17, 15) is 0 Å². The van der Waals surface area contributed by atoms with Crippen molar-refractivity contribution in [1.29, 1.82) is 0 Å². The van der Waals surface area contributed by atoms with Gasteiger partial charge in [-0.25, -0.2) is 0 Å². The molecule has 118 valence electrons. The van der Waals surface area contributed by atoms with Crippen LogP contribution in [0.4, 0.5) is 0 Å². The second-order valence-electron chi connectivity index (χ2n) is 8.46. The lowest BCUT2D eigenvalue weighted by atomic mass is 9.78. The molecule has 2 aliphatic heterocycles. The monoisotopic (exact) mass is 299 g/mol. The van der Waals surface area contributed by atoms with Crippen molar-refractivity contribution in [2.24, 2.45) is 5.92 Å². The van der Waals surface area contributed by atoms with Gasteiger partial charge in [-0.2, -0.15) is 0 Å². The quantitative estimate of drug-likeness (QED) is 0.781. The highest BCUT2D eigenvalue weighted by Crippen LogP contribution is 2.58. The van der Waals surface area contributed by atoms with Gasteiger partial charge < -0.3 is 14.2 Å². The smallest absolute Gasteiger partial charge is 0.399 e. The predicted octanol–water partition coefficient (Wildman–Crippen LogP) is 2.19. The van der Waals surface area contributed by atoms with Crippen molar-refractivity contribution in [3.8, 4) is 0 Å². The van der Waals surface area contributed by atoms with Crippen LogP contribution in [0, 0.1) is 5.92 Å². The molecule has 0 bridgehead atoms. The second-order valence-corrected chi connectivity index (χ2v) is 8.46. The Morgan fingerprint density at radius 1 is 1.05 bits per heavy atom. The van der Waals surface area contributed by atoms with Crippen molar-refractivity contribution in [2.75, 3.05) is 20.1 Å². The molecule has 0 spiro atoms. The Morgan fingerprint density at radius 2 is 1.64 bits per heavy atom. The van der Waals surface area contributed by atoms with Crippen molar-refractivity contribution in [2.45, 2.75) is 50.7 Å². The number of likely N-dealkylation sites (N-methyl/N-ethyl adjacent to an activating group) is 1. The van der Waals surface area contributed by atoms with E-state index in [1.807, 2.05) is 0 Å². The van der Waals surface area contributed by atoms with E-state index in [1.165, 1.54) is 25.1 Å². The second kappa shape index (κ2) is 4.37. The molecule has 3 aliphatic rings. The summed E-state index contributed by atoms with van der Waals surface area (Å²) in [5.74, 6) is 0.861. The van der Waals surface area contributed by atoms with E-state index in [-0.39, 0.29) is 18.3 Å². The molecule has 22 heavy (non-hydrogen) atoms. The topological polar surface area (TPSA) is 21.7 Å². The standard InChI is InChI=1S/C18H26BNO2/c1-16(2)17(3,4)22-19(21-16)15-8-6-13(7-9-15)18-10-14(18)11-20(5)12-18/h6-9,14H,10-12H2,1-5H3/t14-,18+/m1/s1. The first kappa shape index (κ1) is 14.7. The van der Waals surface area contributed by atoms with E-state index >= 15 is 0 Å². The van der Waals surface area contributed by atoms with Crippen LogP contribution in [0.3, 0.4) is 0 Å². The maximum Gasteiger partial charge on any atom is 0.494 e. The Labute approximate surface area is 134 Å². The molecule has 1 saturated carbocycles. The minimum atomic E-state index is -0.273. The van der Waals surface area contributed by atoms with Crippen molar-refractivity contribution < 1.29 is 9.31 Å². The summed E-state index contributed by atoms with van der Waals surface area (Å²) in [6.45, 7) is 10.9. The van der Waals surface area contributed by atoms with E-state index in [0.29, 0.717) is 5.41 Å². The summed E-state index contributed by atoms with van der Waals surface area (Å²) in [6.07, 6.45) is 1.35. The minimum Gasteiger partial charge on any atom is -0.399 e. The number of nitrogens with zero attached hydrogens (tertiary/aromatic N) is 1. The van der Waals surface area contributed by atoms with Gasteiger partial charge in [-0.3, -0.25) is 0 Å². The van der Waals surface area contributed by atoms with E-state index in [1.54, 1.807) is 0 Å². The fourth-order valence-corrected chi connectivity index (χ4v) is 4.13. The predicted molar refractivity (Wildman–Crippen MR) is 89.4 cm³/mol. The van der Waals surface area contributed by atoms with Crippen LogP contribution >= 0.6 is 0 Å². The zero-order chi connectivity index (χ0) is 15.8. The summed E-state index contributed by atoms with van der Waals surface area (Å²) in [7, 11) is 1.98. The van der Waals surface area contributed by atoms with Crippen LogP contribution in [0.5, 0.6) is 0 Å². The molecular formula is C18H26BNO2. The van der Waals surface area contributed by atoms with Crippen molar-refractivity contribution in [3.63, 3.8) is 0 Å². The number of piperidine rings is 1. The van der Waals surface area contributed by atoms with Crippen LogP contribution in [0.1, 0.15) is 39.7 Å². The van der Waals surface area contributed by atoms with E-state index in [0.717, 1.165) is 11.4 Å². The Balaban J connectivity index is 1.54. The summed E-state index contributed by atoms with van der Waals surface area (Å²) >= 11 is 0. The Hall–Kier alpha value is -0.835. The van der Waals surface area contributed by atoms with Crippen LogP contribution in [0.2, 0.25) is 0 Å². The molecule has 4 heteroatoms. The van der Waals surface area contributed by atoms with Gasteiger partial charge in [0.2, 0.25) is 0 Å². The van der Waals surface area contributed by atoms with Crippen molar-refractivity contribution in [1.82, 2.24) is 4.90 Å². The highest BCUT2D eigenvalue weighted by atomic mass is 16.7. The fourth-order valence-electron chi connectivity index (χ4n) is 4.13. The molecule has 0 aromatic heterocycles. The molecule has 1 aliphatic carbocycles. The Bertz CT molecular complexity index is 582.